The van der Waals surface area contributed by atoms with Crippen molar-refractivity contribution in [2.24, 2.45) is 4.99 Å². The fraction of sp³-hybridized carbons (Fsp3) is 0. The largest absolute Gasteiger partial charge is 0.504 e. The van der Waals surface area contributed by atoms with Gasteiger partial charge in [-0.3, -0.25) is 10.1 Å². The molecule has 0 aliphatic heterocycles. The van der Waals surface area contributed by atoms with Crippen LogP contribution < -0.4 is 0 Å². The minimum absolute atomic E-state index is 0.0227. The van der Waals surface area contributed by atoms with Gasteiger partial charge in [0.2, 0.25) is 5.75 Å². The summed E-state index contributed by atoms with van der Waals surface area (Å²) in [6.45, 7) is 0. The van der Waals surface area contributed by atoms with Crippen LogP contribution >= 0.6 is 11.6 Å². The first-order valence-electron chi connectivity index (χ1n) is 5.34. The van der Waals surface area contributed by atoms with Gasteiger partial charge in [-0.2, -0.15) is 0 Å². The van der Waals surface area contributed by atoms with E-state index in [2.05, 4.69) is 9.98 Å². The lowest BCUT2D eigenvalue weighted by molar-refractivity contribution is -0.385. The topological polar surface area (TPSA) is 109 Å². The van der Waals surface area contributed by atoms with Crippen LogP contribution in [-0.4, -0.2) is 26.3 Å². The van der Waals surface area contributed by atoms with E-state index >= 15 is 0 Å². The van der Waals surface area contributed by atoms with Crippen LogP contribution in [0.2, 0.25) is 5.02 Å². The number of nitrogens with zero attached hydrogens (tertiary/aromatic N) is 3. The molecular weight excluding hydrogens is 286 g/mol. The Hall–Kier alpha value is -2.67. The van der Waals surface area contributed by atoms with Crippen molar-refractivity contribution in [2.45, 2.75) is 0 Å². The molecule has 1 aromatic heterocycles. The van der Waals surface area contributed by atoms with E-state index < -0.39 is 16.4 Å². The summed E-state index contributed by atoms with van der Waals surface area (Å²) in [5, 5.41) is 30.1. The van der Waals surface area contributed by atoms with Crippen LogP contribution in [0.1, 0.15) is 5.56 Å². The van der Waals surface area contributed by atoms with Crippen LogP contribution in [0.5, 0.6) is 11.5 Å². The van der Waals surface area contributed by atoms with Crippen molar-refractivity contribution in [3.63, 3.8) is 0 Å². The molecule has 0 fully saturated rings. The van der Waals surface area contributed by atoms with Crippen molar-refractivity contribution in [1.29, 1.82) is 0 Å². The Bertz CT molecular complexity index is 703. The van der Waals surface area contributed by atoms with Crippen molar-refractivity contribution in [1.82, 2.24) is 4.98 Å². The van der Waals surface area contributed by atoms with E-state index in [1.807, 2.05) is 0 Å². The first-order chi connectivity index (χ1) is 9.49. The molecule has 2 aromatic rings. The number of benzene rings is 1. The Morgan fingerprint density at radius 3 is 2.80 bits per heavy atom. The summed E-state index contributed by atoms with van der Waals surface area (Å²) in [5.41, 5.74) is -0.474. The minimum atomic E-state index is -0.753. The number of pyridine rings is 1. The zero-order chi connectivity index (χ0) is 14.7. The molecule has 1 heterocycles. The fourth-order valence-electron chi connectivity index (χ4n) is 1.46. The number of hydrogen-bond donors (Lipinski definition) is 2. The van der Waals surface area contributed by atoms with E-state index in [1.165, 1.54) is 24.4 Å². The SMILES string of the molecule is O=[N+]([O-])c1cc(Cl)cc(/C=N/c2ncccc2O)c1O. The average Bonchev–Trinajstić information content (AvgIpc) is 2.40. The minimum Gasteiger partial charge on any atom is -0.504 e. The Kier molecular flexibility index (Phi) is 3.81. The maximum atomic E-state index is 10.7. The molecule has 7 nitrogen and oxygen atoms in total. The third kappa shape index (κ3) is 2.83. The van der Waals surface area contributed by atoms with Crippen LogP contribution in [0.25, 0.3) is 0 Å². The quantitative estimate of drug-likeness (QED) is 0.514. The van der Waals surface area contributed by atoms with Crippen LogP contribution in [0, 0.1) is 10.1 Å². The second-order valence-electron chi connectivity index (χ2n) is 3.72. The molecule has 0 unspecified atom stereocenters. The van der Waals surface area contributed by atoms with Gasteiger partial charge >= 0.3 is 5.69 Å². The summed E-state index contributed by atoms with van der Waals surface area (Å²) in [4.78, 5) is 17.6. The van der Waals surface area contributed by atoms with E-state index in [0.717, 1.165) is 12.3 Å². The second kappa shape index (κ2) is 5.54. The lowest BCUT2D eigenvalue weighted by Gasteiger charge is -2.01. The zero-order valence-electron chi connectivity index (χ0n) is 9.89. The molecule has 0 amide bonds. The zero-order valence-corrected chi connectivity index (χ0v) is 10.7. The Morgan fingerprint density at radius 1 is 1.40 bits per heavy atom. The monoisotopic (exact) mass is 293 g/mol. The van der Waals surface area contributed by atoms with Crippen molar-refractivity contribution >= 4 is 29.3 Å². The number of aliphatic imine (C=N–C) groups is 1. The Labute approximate surface area is 118 Å². The molecule has 0 atom stereocenters. The number of rotatable bonds is 3. The van der Waals surface area contributed by atoms with Crippen LogP contribution in [0.15, 0.2) is 35.5 Å². The normalized spacial score (nSPS) is 10.8. The van der Waals surface area contributed by atoms with Gasteiger partial charge in [0.25, 0.3) is 0 Å². The van der Waals surface area contributed by atoms with E-state index in [0.29, 0.717) is 0 Å². The van der Waals surface area contributed by atoms with E-state index in [4.69, 9.17) is 11.6 Å². The predicted molar refractivity (Wildman–Crippen MR) is 72.9 cm³/mol. The predicted octanol–water partition coefficient (Wildman–Crippen LogP) is 2.81. The highest BCUT2D eigenvalue weighted by molar-refractivity contribution is 6.31. The van der Waals surface area contributed by atoms with Gasteiger partial charge in [-0.1, -0.05) is 11.6 Å². The average molecular weight is 294 g/mol. The first kappa shape index (κ1) is 13.8. The van der Waals surface area contributed by atoms with E-state index in [-0.39, 0.29) is 22.2 Å². The van der Waals surface area contributed by atoms with Gasteiger partial charge < -0.3 is 10.2 Å². The number of nitro benzene ring substituents is 1. The van der Waals surface area contributed by atoms with Crippen molar-refractivity contribution < 1.29 is 15.1 Å². The second-order valence-corrected chi connectivity index (χ2v) is 4.16. The third-order valence-electron chi connectivity index (χ3n) is 2.37. The molecule has 0 aliphatic rings. The van der Waals surface area contributed by atoms with Crippen LogP contribution in [-0.2, 0) is 0 Å². The number of nitro groups is 1. The Morgan fingerprint density at radius 2 is 2.15 bits per heavy atom. The number of phenols is 1. The lowest BCUT2D eigenvalue weighted by Crippen LogP contribution is -1.92. The molecule has 8 heteroatoms. The smallest absolute Gasteiger partial charge is 0.312 e. The highest BCUT2D eigenvalue weighted by Crippen LogP contribution is 2.32. The molecule has 20 heavy (non-hydrogen) atoms. The molecule has 2 N–H and O–H groups in total. The van der Waals surface area contributed by atoms with Gasteiger partial charge in [0, 0.05) is 29.1 Å². The van der Waals surface area contributed by atoms with Crippen molar-refractivity contribution in [3.05, 3.63) is 51.2 Å². The molecule has 1 aromatic carbocycles. The number of phenolic OH excluding ortho intramolecular Hbond substituents is 1. The maximum absolute atomic E-state index is 10.7. The molecule has 0 spiro atoms. The molecule has 0 aliphatic carbocycles. The number of hydrogen-bond acceptors (Lipinski definition) is 6. The molecule has 0 radical (unpaired) electrons. The number of aromatic hydroxyl groups is 2. The van der Waals surface area contributed by atoms with Crippen LogP contribution in [0.4, 0.5) is 11.5 Å². The van der Waals surface area contributed by atoms with Gasteiger partial charge in [0.15, 0.2) is 11.6 Å². The summed E-state index contributed by atoms with van der Waals surface area (Å²) < 4.78 is 0. The molecule has 0 saturated heterocycles. The highest BCUT2D eigenvalue weighted by atomic mass is 35.5. The number of halogens is 1. The lowest BCUT2D eigenvalue weighted by atomic mass is 10.2. The van der Waals surface area contributed by atoms with Gasteiger partial charge in [-0.25, -0.2) is 9.98 Å². The summed E-state index contributed by atoms with van der Waals surface area (Å²) in [5.74, 6) is -0.687. The van der Waals surface area contributed by atoms with Gasteiger partial charge in [-0.15, -0.1) is 0 Å². The molecule has 102 valence electrons. The molecule has 2 rings (SSSR count). The van der Waals surface area contributed by atoms with Gasteiger partial charge in [0.1, 0.15) is 0 Å². The third-order valence-corrected chi connectivity index (χ3v) is 2.59. The highest BCUT2D eigenvalue weighted by Gasteiger charge is 2.17. The van der Waals surface area contributed by atoms with Crippen LogP contribution in [0.3, 0.4) is 0 Å². The van der Waals surface area contributed by atoms with Crippen molar-refractivity contribution in [2.75, 3.05) is 0 Å². The summed E-state index contributed by atoms with van der Waals surface area (Å²) in [6, 6.07) is 5.26. The Balaban J connectivity index is 2.44. The van der Waals surface area contributed by atoms with Gasteiger partial charge in [-0.05, 0) is 18.2 Å². The molecular formula is C12H8ClN3O4. The standard InChI is InChI=1S/C12H8ClN3O4/c13-8-4-7(11(18)9(5-8)16(19)20)6-15-12-10(17)2-1-3-14-12/h1-6,17-18H/b15-6+. The summed E-state index contributed by atoms with van der Waals surface area (Å²) >= 11 is 5.74. The number of aromatic nitrogens is 1. The van der Waals surface area contributed by atoms with E-state index in [9.17, 15) is 20.3 Å². The van der Waals surface area contributed by atoms with Crippen molar-refractivity contribution in [3.8, 4) is 11.5 Å². The molecule has 0 bridgehead atoms. The first-order valence-corrected chi connectivity index (χ1v) is 5.72. The van der Waals surface area contributed by atoms with Gasteiger partial charge in [0.05, 0.1) is 4.92 Å². The maximum Gasteiger partial charge on any atom is 0.312 e. The summed E-state index contributed by atoms with van der Waals surface area (Å²) in [7, 11) is 0. The fourth-order valence-corrected chi connectivity index (χ4v) is 1.68. The molecule has 0 saturated carbocycles. The van der Waals surface area contributed by atoms with E-state index in [1.54, 1.807) is 0 Å². The summed E-state index contributed by atoms with van der Waals surface area (Å²) in [6.07, 6.45) is 2.56.